The maximum atomic E-state index is 3.77. The molecule has 1 heteroatoms. The van der Waals surface area contributed by atoms with Crippen LogP contribution in [0.1, 0.15) is 68.7 Å². The molecule has 124 valence electrons. The zero-order valence-corrected chi connectivity index (χ0v) is 15.3. The molecule has 0 saturated heterocycles. The molecule has 0 radical (unpaired) electrons. The van der Waals surface area contributed by atoms with Crippen LogP contribution in [0, 0.1) is 6.92 Å². The smallest absolute Gasteiger partial charge is 0.0667 e. The van der Waals surface area contributed by atoms with E-state index in [-0.39, 0.29) is 5.54 Å². The predicted molar refractivity (Wildman–Crippen MR) is 101 cm³/mol. The zero-order valence-electron chi connectivity index (χ0n) is 15.3. The van der Waals surface area contributed by atoms with Crippen molar-refractivity contribution >= 4 is 0 Å². The third kappa shape index (κ3) is 3.67. The fourth-order valence-electron chi connectivity index (χ4n) is 3.79. The summed E-state index contributed by atoms with van der Waals surface area (Å²) in [5.74, 6) is 0.582. The summed E-state index contributed by atoms with van der Waals surface area (Å²) >= 11 is 0. The van der Waals surface area contributed by atoms with Crippen LogP contribution in [-0.2, 0) is 5.54 Å². The van der Waals surface area contributed by atoms with Crippen LogP contribution in [0.25, 0.3) is 0 Å². The first-order chi connectivity index (χ1) is 11.0. The summed E-state index contributed by atoms with van der Waals surface area (Å²) in [6.45, 7) is 12.3. The Morgan fingerprint density at radius 2 is 1.57 bits per heavy atom. The molecule has 0 amide bonds. The third-order valence-corrected chi connectivity index (χ3v) is 4.97. The summed E-state index contributed by atoms with van der Waals surface area (Å²) in [7, 11) is 0. The van der Waals surface area contributed by atoms with Gasteiger partial charge in [0, 0.05) is 0 Å². The van der Waals surface area contributed by atoms with E-state index >= 15 is 0 Å². The van der Waals surface area contributed by atoms with E-state index < -0.39 is 0 Å². The Labute approximate surface area is 142 Å². The molecule has 23 heavy (non-hydrogen) atoms. The van der Waals surface area contributed by atoms with Crippen molar-refractivity contribution in [3.8, 4) is 0 Å². The van der Waals surface area contributed by atoms with E-state index in [1.54, 1.807) is 0 Å². The summed E-state index contributed by atoms with van der Waals surface area (Å²) in [6.07, 6.45) is 2.45. The standard InChI is InChI=1S/C22H31N/c1-6-12-17(3)19-14-9-11-16-21(19)22(5,23-7-2)20-15-10-8-13-18(20)4/h8-11,13-17,23H,6-7,12H2,1-5H3/t17-,22-/m1/s1. The van der Waals surface area contributed by atoms with Crippen LogP contribution in [0.5, 0.6) is 0 Å². The number of hydrogen-bond donors (Lipinski definition) is 1. The van der Waals surface area contributed by atoms with E-state index in [0.717, 1.165) is 6.54 Å². The fourth-order valence-corrected chi connectivity index (χ4v) is 3.79. The van der Waals surface area contributed by atoms with Gasteiger partial charge in [0.05, 0.1) is 5.54 Å². The van der Waals surface area contributed by atoms with Crippen molar-refractivity contribution in [1.29, 1.82) is 0 Å². The molecule has 2 aromatic rings. The van der Waals surface area contributed by atoms with E-state index in [9.17, 15) is 0 Å². The summed E-state index contributed by atoms with van der Waals surface area (Å²) in [5.41, 5.74) is 5.45. The lowest BCUT2D eigenvalue weighted by molar-refractivity contribution is 0.442. The monoisotopic (exact) mass is 309 g/mol. The molecule has 0 saturated carbocycles. The molecule has 2 rings (SSSR count). The lowest BCUT2D eigenvalue weighted by Gasteiger charge is -2.36. The number of aryl methyl sites for hydroxylation is 1. The number of nitrogens with one attached hydrogen (secondary N) is 1. The second-order valence-electron chi connectivity index (χ2n) is 6.75. The minimum atomic E-state index is -0.154. The summed E-state index contributed by atoms with van der Waals surface area (Å²) < 4.78 is 0. The molecule has 0 aliphatic heterocycles. The first-order valence-electron chi connectivity index (χ1n) is 8.95. The molecule has 1 nitrogen and oxygen atoms in total. The number of hydrogen-bond acceptors (Lipinski definition) is 1. The summed E-state index contributed by atoms with van der Waals surface area (Å²) in [5, 5.41) is 3.77. The van der Waals surface area contributed by atoms with Crippen molar-refractivity contribution < 1.29 is 0 Å². The highest BCUT2D eigenvalue weighted by Crippen LogP contribution is 2.37. The molecule has 0 heterocycles. The van der Waals surface area contributed by atoms with Crippen molar-refractivity contribution in [2.75, 3.05) is 6.54 Å². The van der Waals surface area contributed by atoms with E-state index in [1.807, 2.05) is 0 Å². The maximum Gasteiger partial charge on any atom is 0.0667 e. The molecular weight excluding hydrogens is 278 g/mol. The molecule has 0 bridgehead atoms. The Morgan fingerprint density at radius 3 is 2.17 bits per heavy atom. The van der Waals surface area contributed by atoms with E-state index in [2.05, 4.69) is 88.5 Å². The Balaban J connectivity index is 2.61. The third-order valence-electron chi connectivity index (χ3n) is 4.97. The van der Waals surface area contributed by atoms with Gasteiger partial charge in [0.2, 0.25) is 0 Å². The van der Waals surface area contributed by atoms with Crippen LogP contribution in [0.15, 0.2) is 48.5 Å². The van der Waals surface area contributed by atoms with Gasteiger partial charge < -0.3 is 5.32 Å². The van der Waals surface area contributed by atoms with E-state index in [1.165, 1.54) is 35.1 Å². The minimum Gasteiger partial charge on any atom is -0.304 e. The van der Waals surface area contributed by atoms with Crippen molar-refractivity contribution in [2.24, 2.45) is 0 Å². The number of benzene rings is 2. The van der Waals surface area contributed by atoms with Gasteiger partial charge in [-0.3, -0.25) is 0 Å². The van der Waals surface area contributed by atoms with Crippen LogP contribution in [0.2, 0.25) is 0 Å². The van der Waals surface area contributed by atoms with Crippen LogP contribution in [-0.4, -0.2) is 6.54 Å². The highest BCUT2D eigenvalue weighted by molar-refractivity contribution is 5.46. The van der Waals surface area contributed by atoms with Crippen molar-refractivity contribution in [2.45, 2.75) is 58.9 Å². The Hall–Kier alpha value is -1.60. The van der Waals surface area contributed by atoms with Gasteiger partial charge >= 0.3 is 0 Å². The second kappa shape index (κ2) is 7.79. The molecule has 0 aromatic heterocycles. The molecule has 0 fully saturated rings. The van der Waals surface area contributed by atoms with Crippen molar-refractivity contribution in [1.82, 2.24) is 5.32 Å². The Kier molecular flexibility index (Phi) is 6.01. The Morgan fingerprint density at radius 1 is 0.957 bits per heavy atom. The molecule has 0 spiro atoms. The minimum absolute atomic E-state index is 0.154. The SMILES string of the molecule is CCC[C@@H](C)c1ccccc1[C@](C)(NCC)c1ccccc1C. The van der Waals surface area contributed by atoms with Gasteiger partial charge in [-0.05, 0) is 55.0 Å². The zero-order chi connectivity index (χ0) is 16.9. The van der Waals surface area contributed by atoms with E-state index in [4.69, 9.17) is 0 Å². The lowest BCUT2D eigenvalue weighted by Crippen LogP contribution is -2.42. The molecule has 0 unspecified atom stereocenters. The average Bonchev–Trinajstić information content (AvgIpc) is 2.55. The van der Waals surface area contributed by atoms with Gasteiger partial charge in [-0.15, -0.1) is 0 Å². The van der Waals surface area contributed by atoms with Crippen molar-refractivity contribution in [3.05, 3.63) is 70.8 Å². The lowest BCUT2D eigenvalue weighted by atomic mass is 9.77. The predicted octanol–water partition coefficient (Wildman–Crippen LogP) is 5.77. The number of rotatable bonds is 7. The van der Waals surface area contributed by atoms with Gasteiger partial charge in [-0.1, -0.05) is 75.7 Å². The van der Waals surface area contributed by atoms with Gasteiger partial charge in [0.15, 0.2) is 0 Å². The highest BCUT2D eigenvalue weighted by Gasteiger charge is 2.31. The quantitative estimate of drug-likeness (QED) is 0.684. The molecular formula is C22H31N. The molecule has 2 atom stereocenters. The van der Waals surface area contributed by atoms with Crippen LogP contribution in [0.4, 0.5) is 0 Å². The summed E-state index contributed by atoms with van der Waals surface area (Å²) in [6, 6.07) is 17.7. The van der Waals surface area contributed by atoms with Crippen LogP contribution >= 0.6 is 0 Å². The molecule has 1 N–H and O–H groups in total. The normalized spacial score (nSPS) is 15.2. The Bertz CT molecular complexity index is 631. The van der Waals surface area contributed by atoms with Crippen LogP contribution < -0.4 is 5.32 Å². The van der Waals surface area contributed by atoms with Crippen LogP contribution in [0.3, 0.4) is 0 Å². The second-order valence-corrected chi connectivity index (χ2v) is 6.75. The van der Waals surface area contributed by atoms with E-state index in [0.29, 0.717) is 5.92 Å². The molecule has 2 aromatic carbocycles. The van der Waals surface area contributed by atoms with Gasteiger partial charge in [-0.2, -0.15) is 0 Å². The van der Waals surface area contributed by atoms with Gasteiger partial charge in [-0.25, -0.2) is 0 Å². The summed E-state index contributed by atoms with van der Waals surface area (Å²) in [4.78, 5) is 0. The topological polar surface area (TPSA) is 12.0 Å². The van der Waals surface area contributed by atoms with Crippen molar-refractivity contribution in [3.63, 3.8) is 0 Å². The fraction of sp³-hybridized carbons (Fsp3) is 0.455. The largest absolute Gasteiger partial charge is 0.304 e. The van der Waals surface area contributed by atoms with Gasteiger partial charge in [0.25, 0.3) is 0 Å². The molecule has 0 aliphatic rings. The first-order valence-corrected chi connectivity index (χ1v) is 8.95. The van der Waals surface area contributed by atoms with Gasteiger partial charge in [0.1, 0.15) is 0 Å². The average molecular weight is 309 g/mol. The first kappa shape index (κ1) is 17.7. The molecule has 0 aliphatic carbocycles. The highest BCUT2D eigenvalue weighted by atomic mass is 15.0. The maximum absolute atomic E-state index is 3.77.